The first kappa shape index (κ1) is 13.3. The number of aromatic amines is 1. The molecule has 0 spiro atoms. The molecule has 0 radical (unpaired) electrons. The molecule has 1 heterocycles. The maximum absolute atomic E-state index is 11.7. The summed E-state index contributed by atoms with van der Waals surface area (Å²) in [4.78, 5) is 19.0. The normalized spacial score (nSPS) is 24.4. The highest BCUT2D eigenvalue weighted by Gasteiger charge is 2.25. The van der Waals surface area contributed by atoms with Crippen molar-refractivity contribution in [3.63, 3.8) is 0 Å². The lowest BCUT2D eigenvalue weighted by atomic mass is 9.77. The number of nitrogens with zero attached hydrogens (tertiary/aromatic N) is 1. The molecule has 18 heavy (non-hydrogen) atoms. The van der Waals surface area contributed by atoms with E-state index in [1.165, 1.54) is 12.8 Å². The first-order chi connectivity index (χ1) is 8.61. The quantitative estimate of drug-likeness (QED) is 0.862. The topological polar surface area (TPSA) is 71.8 Å². The minimum atomic E-state index is -0.0755. The van der Waals surface area contributed by atoms with Gasteiger partial charge >= 0.3 is 0 Å². The Hall–Kier alpha value is -1.16. The predicted molar refractivity (Wildman–Crippen MR) is 72.3 cm³/mol. The molecule has 3 N–H and O–H groups in total. The highest BCUT2D eigenvalue weighted by molar-refractivity contribution is 5.08. The standard InChI is InChI=1S/C14H23N3O/c1-9(2)10-3-5-11(6-4-10)13-16-8-12(7-15)14(18)17-13/h8-11H,3-7,15H2,1-2H3,(H,16,17,18). The number of hydrogen-bond donors (Lipinski definition) is 2. The zero-order chi connectivity index (χ0) is 13.1. The van der Waals surface area contributed by atoms with Crippen LogP contribution < -0.4 is 11.3 Å². The Bertz CT molecular complexity index is 445. The van der Waals surface area contributed by atoms with Crippen LogP contribution in [0, 0.1) is 11.8 Å². The van der Waals surface area contributed by atoms with E-state index in [0.717, 1.165) is 30.5 Å². The summed E-state index contributed by atoms with van der Waals surface area (Å²) in [6.07, 6.45) is 6.37. The third-order valence-corrected chi connectivity index (χ3v) is 4.21. The molecule has 0 bridgehead atoms. The smallest absolute Gasteiger partial charge is 0.255 e. The van der Waals surface area contributed by atoms with E-state index in [-0.39, 0.29) is 12.1 Å². The maximum Gasteiger partial charge on any atom is 0.255 e. The van der Waals surface area contributed by atoms with Crippen molar-refractivity contribution in [3.8, 4) is 0 Å². The maximum atomic E-state index is 11.7. The van der Waals surface area contributed by atoms with Crippen molar-refractivity contribution in [2.24, 2.45) is 17.6 Å². The van der Waals surface area contributed by atoms with Gasteiger partial charge in [-0.1, -0.05) is 13.8 Å². The fourth-order valence-electron chi connectivity index (χ4n) is 2.85. The number of nitrogens with two attached hydrogens (primary N) is 1. The number of rotatable bonds is 3. The van der Waals surface area contributed by atoms with Crippen LogP contribution in [0.4, 0.5) is 0 Å². The van der Waals surface area contributed by atoms with Crippen LogP contribution in [-0.2, 0) is 6.54 Å². The number of H-pyrrole nitrogens is 1. The summed E-state index contributed by atoms with van der Waals surface area (Å²) in [6.45, 7) is 4.84. The Labute approximate surface area is 108 Å². The van der Waals surface area contributed by atoms with E-state index in [4.69, 9.17) is 5.73 Å². The highest BCUT2D eigenvalue weighted by atomic mass is 16.1. The van der Waals surface area contributed by atoms with Gasteiger partial charge in [0, 0.05) is 24.2 Å². The molecule has 0 aromatic carbocycles. The molecule has 1 fully saturated rings. The number of hydrogen-bond acceptors (Lipinski definition) is 3. The van der Waals surface area contributed by atoms with E-state index in [9.17, 15) is 4.79 Å². The van der Waals surface area contributed by atoms with Crippen LogP contribution in [0.15, 0.2) is 11.0 Å². The monoisotopic (exact) mass is 249 g/mol. The lowest BCUT2D eigenvalue weighted by Gasteiger charge is -2.30. The summed E-state index contributed by atoms with van der Waals surface area (Å²) in [5.74, 6) is 2.85. The van der Waals surface area contributed by atoms with E-state index >= 15 is 0 Å². The molecule has 1 saturated carbocycles. The molecule has 1 aliphatic rings. The lowest BCUT2D eigenvalue weighted by molar-refractivity contribution is 0.254. The van der Waals surface area contributed by atoms with Gasteiger partial charge in [0.15, 0.2) is 0 Å². The predicted octanol–water partition coefficient (Wildman–Crippen LogP) is 2.16. The van der Waals surface area contributed by atoms with Gasteiger partial charge in [0.25, 0.3) is 5.56 Å². The second-order valence-corrected chi connectivity index (χ2v) is 5.68. The van der Waals surface area contributed by atoms with Gasteiger partial charge in [0.1, 0.15) is 5.82 Å². The van der Waals surface area contributed by atoms with Gasteiger partial charge in [0.2, 0.25) is 0 Å². The summed E-state index contributed by atoms with van der Waals surface area (Å²) >= 11 is 0. The van der Waals surface area contributed by atoms with E-state index in [1.807, 2.05) is 0 Å². The second kappa shape index (κ2) is 5.65. The summed E-state index contributed by atoms with van der Waals surface area (Å²) in [7, 11) is 0. The Morgan fingerprint density at radius 1 is 1.39 bits per heavy atom. The number of nitrogens with one attached hydrogen (secondary N) is 1. The van der Waals surface area contributed by atoms with Crippen LogP contribution >= 0.6 is 0 Å². The third kappa shape index (κ3) is 2.80. The van der Waals surface area contributed by atoms with Crippen LogP contribution in [0.25, 0.3) is 0 Å². The van der Waals surface area contributed by atoms with Crippen molar-refractivity contribution in [2.75, 3.05) is 0 Å². The molecule has 0 unspecified atom stereocenters. The van der Waals surface area contributed by atoms with Crippen LogP contribution in [0.3, 0.4) is 0 Å². The van der Waals surface area contributed by atoms with Gasteiger partial charge in [-0.3, -0.25) is 4.79 Å². The minimum Gasteiger partial charge on any atom is -0.326 e. The molecule has 0 aliphatic heterocycles. The molecule has 1 aromatic rings. The molecule has 1 aromatic heterocycles. The third-order valence-electron chi connectivity index (χ3n) is 4.21. The van der Waals surface area contributed by atoms with Crippen LogP contribution in [0.2, 0.25) is 0 Å². The van der Waals surface area contributed by atoms with Crippen LogP contribution in [-0.4, -0.2) is 9.97 Å². The van der Waals surface area contributed by atoms with Gasteiger partial charge in [-0.15, -0.1) is 0 Å². The van der Waals surface area contributed by atoms with Gasteiger partial charge in [-0.25, -0.2) is 4.98 Å². The fraction of sp³-hybridized carbons (Fsp3) is 0.714. The summed E-state index contributed by atoms with van der Waals surface area (Å²) in [6, 6.07) is 0. The summed E-state index contributed by atoms with van der Waals surface area (Å²) in [5.41, 5.74) is 5.96. The van der Waals surface area contributed by atoms with Gasteiger partial charge < -0.3 is 10.7 Å². The van der Waals surface area contributed by atoms with Crippen molar-refractivity contribution in [1.82, 2.24) is 9.97 Å². The van der Waals surface area contributed by atoms with E-state index in [0.29, 0.717) is 11.5 Å². The van der Waals surface area contributed by atoms with E-state index < -0.39 is 0 Å². The van der Waals surface area contributed by atoms with Crippen LogP contribution in [0.5, 0.6) is 0 Å². The SMILES string of the molecule is CC(C)C1CCC(c2ncc(CN)c(=O)[nH]2)CC1. The molecule has 0 atom stereocenters. The van der Waals surface area contributed by atoms with Gasteiger partial charge in [-0.05, 0) is 37.5 Å². The van der Waals surface area contributed by atoms with Crippen LogP contribution in [0.1, 0.15) is 56.8 Å². The molecule has 100 valence electrons. The molecule has 4 heteroatoms. The number of aromatic nitrogens is 2. The highest BCUT2D eigenvalue weighted by Crippen LogP contribution is 2.37. The largest absolute Gasteiger partial charge is 0.326 e. The molecule has 0 amide bonds. The van der Waals surface area contributed by atoms with Crippen molar-refractivity contribution in [2.45, 2.75) is 52.0 Å². The Balaban J connectivity index is 2.06. The molecule has 1 aliphatic carbocycles. The Morgan fingerprint density at radius 2 is 2.06 bits per heavy atom. The minimum absolute atomic E-state index is 0.0755. The first-order valence-corrected chi connectivity index (χ1v) is 6.90. The van der Waals surface area contributed by atoms with Gasteiger partial charge in [-0.2, -0.15) is 0 Å². The average molecular weight is 249 g/mol. The fourth-order valence-corrected chi connectivity index (χ4v) is 2.85. The lowest BCUT2D eigenvalue weighted by Crippen LogP contribution is -2.23. The van der Waals surface area contributed by atoms with Crippen molar-refractivity contribution in [3.05, 3.63) is 27.9 Å². The Morgan fingerprint density at radius 3 is 2.56 bits per heavy atom. The summed E-state index contributed by atoms with van der Waals surface area (Å²) in [5, 5.41) is 0. The zero-order valence-electron chi connectivity index (χ0n) is 11.3. The van der Waals surface area contributed by atoms with Crippen molar-refractivity contribution >= 4 is 0 Å². The zero-order valence-corrected chi connectivity index (χ0v) is 11.3. The molecule has 2 rings (SSSR count). The average Bonchev–Trinajstić information content (AvgIpc) is 2.38. The molecule has 0 saturated heterocycles. The van der Waals surface area contributed by atoms with E-state index in [2.05, 4.69) is 23.8 Å². The Kier molecular flexibility index (Phi) is 4.17. The van der Waals surface area contributed by atoms with Crippen molar-refractivity contribution in [1.29, 1.82) is 0 Å². The molecular weight excluding hydrogens is 226 g/mol. The van der Waals surface area contributed by atoms with E-state index in [1.54, 1.807) is 6.20 Å². The summed E-state index contributed by atoms with van der Waals surface area (Å²) < 4.78 is 0. The first-order valence-electron chi connectivity index (χ1n) is 6.90. The molecular formula is C14H23N3O. The second-order valence-electron chi connectivity index (χ2n) is 5.68. The van der Waals surface area contributed by atoms with Gasteiger partial charge in [0.05, 0.1) is 0 Å². The molecule has 4 nitrogen and oxygen atoms in total. The van der Waals surface area contributed by atoms with Crippen molar-refractivity contribution < 1.29 is 0 Å².